The molecule has 1 aromatic carbocycles. The molecule has 0 radical (unpaired) electrons. The monoisotopic (exact) mass is 360 g/mol. The first kappa shape index (κ1) is 20.2. The smallest absolute Gasteiger partial charge is 0.248 e. The maximum Gasteiger partial charge on any atom is 0.248 e. The number of benzene rings is 1. The number of primary amides is 1. The van der Waals surface area contributed by atoms with Crippen LogP contribution in [0.2, 0.25) is 0 Å². The lowest BCUT2D eigenvalue weighted by atomic mass is 9.78. The molecular weight excluding hydrogens is 328 g/mol. The van der Waals surface area contributed by atoms with Crippen molar-refractivity contribution in [2.75, 3.05) is 20.2 Å². The molecule has 1 aliphatic heterocycles. The molecule has 26 heavy (non-hydrogen) atoms. The van der Waals surface area contributed by atoms with Crippen LogP contribution in [0.4, 0.5) is 0 Å². The van der Waals surface area contributed by atoms with Crippen molar-refractivity contribution in [3.63, 3.8) is 0 Å². The summed E-state index contributed by atoms with van der Waals surface area (Å²) in [6, 6.07) is 7.31. The van der Waals surface area contributed by atoms with Gasteiger partial charge in [-0.1, -0.05) is 32.9 Å². The number of nitrogens with one attached hydrogen (secondary N) is 2. The number of ether oxygens (including phenoxy) is 1. The lowest BCUT2D eigenvalue weighted by Crippen LogP contribution is -2.47. The third kappa shape index (κ3) is 5.73. The van der Waals surface area contributed by atoms with Crippen LogP contribution >= 0.6 is 0 Å². The van der Waals surface area contributed by atoms with E-state index in [0.29, 0.717) is 18.0 Å². The van der Waals surface area contributed by atoms with Gasteiger partial charge in [-0.25, -0.2) is 0 Å². The van der Waals surface area contributed by atoms with Crippen LogP contribution in [0.3, 0.4) is 0 Å². The lowest BCUT2D eigenvalue weighted by molar-refractivity contribution is -0.0835. The summed E-state index contributed by atoms with van der Waals surface area (Å²) in [6.45, 7) is 8.94. The van der Waals surface area contributed by atoms with E-state index in [4.69, 9.17) is 10.5 Å². The summed E-state index contributed by atoms with van der Waals surface area (Å²) in [7, 11) is 1.76. The Labute approximate surface area is 156 Å². The van der Waals surface area contributed by atoms with Crippen molar-refractivity contribution in [3.8, 4) is 0 Å². The molecule has 0 saturated carbocycles. The number of carbonyl (C=O) groups excluding carboxylic acids is 1. The third-order valence-electron chi connectivity index (χ3n) is 4.73. The van der Waals surface area contributed by atoms with Gasteiger partial charge in [-0.05, 0) is 36.0 Å². The molecule has 1 amide bonds. The van der Waals surface area contributed by atoms with Gasteiger partial charge in [0.1, 0.15) is 0 Å². The second kappa shape index (κ2) is 9.03. The minimum absolute atomic E-state index is 0.124. The Hall–Kier alpha value is -2.08. The zero-order valence-electron chi connectivity index (χ0n) is 16.3. The Morgan fingerprint density at radius 3 is 2.77 bits per heavy atom. The highest BCUT2D eigenvalue weighted by Crippen LogP contribution is 2.33. The first-order valence-electron chi connectivity index (χ1n) is 9.26. The molecule has 2 rings (SSSR count). The highest BCUT2D eigenvalue weighted by atomic mass is 16.5. The average molecular weight is 361 g/mol. The van der Waals surface area contributed by atoms with Gasteiger partial charge in [-0.2, -0.15) is 0 Å². The van der Waals surface area contributed by atoms with Crippen molar-refractivity contribution in [1.29, 1.82) is 0 Å². The topological polar surface area (TPSA) is 88.7 Å². The standard InChI is InChI=1S/C20H32N4O2/c1-20(2,3)17-16(9-6-10-26-17)13-24-19(22-4)23-12-14-7-5-8-15(11-14)18(21)25/h5,7-8,11,16-17H,6,9-10,12-13H2,1-4H3,(H2,21,25)(H2,22,23,24). The fourth-order valence-electron chi connectivity index (χ4n) is 3.48. The van der Waals surface area contributed by atoms with Crippen LogP contribution in [-0.4, -0.2) is 38.2 Å². The normalized spacial score (nSPS) is 21.3. The van der Waals surface area contributed by atoms with Gasteiger partial charge in [-0.15, -0.1) is 0 Å². The van der Waals surface area contributed by atoms with Gasteiger partial charge in [-0.3, -0.25) is 9.79 Å². The molecule has 1 aliphatic rings. The van der Waals surface area contributed by atoms with Gasteiger partial charge in [0.25, 0.3) is 0 Å². The number of guanidine groups is 1. The fraction of sp³-hybridized carbons (Fsp3) is 0.600. The molecule has 0 spiro atoms. The van der Waals surface area contributed by atoms with E-state index in [1.165, 1.54) is 0 Å². The van der Waals surface area contributed by atoms with Crippen LogP contribution in [-0.2, 0) is 11.3 Å². The number of nitrogens with two attached hydrogens (primary N) is 1. The van der Waals surface area contributed by atoms with E-state index in [0.717, 1.165) is 37.5 Å². The largest absolute Gasteiger partial charge is 0.377 e. The summed E-state index contributed by atoms with van der Waals surface area (Å²) in [5.41, 5.74) is 6.96. The number of rotatable bonds is 5. The minimum atomic E-state index is -0.417. The number of hydrogen-bond acceptors (Lipinski definition) is 3. The van der Waals surface area contributed by atoms with Crippen LogP contribution in [0.25, 0.3) is 0 Å². The molecule has 0 aliphatic carbocycles. The van der Waals surface area contributed by atoms with Crippen LogP contribution in [0.15, 0.2) is 29.3 Å². The predicted octanol–water partition coefficient (Wildman–Crippen LogP) is 2.29. The van der Waals surface area contributed by atoms with Crippen molar-refractivity contribution in [2.24, 2.45) is 22.1 Å². The molecule has 4 N–H and O–H groups in total. The Kier molecular flexibility index (Phi) is 7.03. The second-order valence-electron chi connectivity index (χ2n) is 7.93. The van der Waals surface area contributed by atoms with Crippen molar-refractivity contribution in [1.82, 2.24) is 10.6 Å². The van der Waals surface area contributed by atoms with Crippen LogP contribution in [0, 0.1) is 11.3 Å². The molecule has 1 fully saturated rings. The van der Waals surface area contributed by atoms with E-state index in [-0.39, 0.29) is 11.5 Å². The molecule has 6 heteroatoms. The highest BCUT2D eigenvalue weighted by Gasteiger charge is 2.35. The van der Waals surface area contributed by atoms with Crippen molar-refractivity contribution in [2.45, 2.75) is 46.3 Å². The SMILES string of the molecule is CN=C(NCc1cccc(C(N)=O)c1)NCC1CCCOC1C(C)(C)C. The summed E-state index contributed by atoms with van der Waals surface area (Å²) in [4.78, 5) is 15.6. The number of nitrogens with zero attached hydrogens (tertiary/aromatic N) is 1. The summed E-state index contributed by atoms with van der Waals surface area (Å²) in [6.07, 6.45) is 2.51. The van der Waals surface area contributed by atoms with Gasteiger partial charge in [0, 0.05) is 38.2 Å². The van der Waals surface area contributed by atoms with Crippen LogP contribution in [0.1, 0.15) is 49.5 Å². The predicted molar refractivity (Wildman–Crippen MR) is 105 cm³/mol. The van der Waals surface area contributed by atoms with E-state index >= 15 is 0 Å². The first-order valence-corrected chi connectivity index (χ1v) is 9.26. The zero-order chi connectivity index (χ0) is 19.2. The summed E-state index contributed by atoms with van der Waals surface area (Å²) in [5.74, 6) is 0.785. The van der Waals surface area contributed by atoms with E-state index < -0.39 is 5.91 Å². The molecule has 2 unspecified atom stereocenters. The molecule has 6 nitrogen and oxygen atoms in total. The Morgan fingerprint density at radius 1 is 1.35 bits per heavy atom. The second-order valence-corrected chi connectivity index (χ2v) is 7.93. The number of amides is 1. The number of aliphatic imine (C=N–C) groups is 1. The molecule has 1 heterocycles. The average Bonchev–Trinajstić information content (AvgIpc) is 2.61. The molecule has 1 saturated heterocycles. The maximum atomic E-state index is 11.3. The van der Waals surface area contributed by atoms with E-state index in [2.05, 4.69) is 36.4 Å². The van der Waals surface area contributed by atoms with Crippen LogP contribution in [0.5, 0.6) is 0 Å². The molecule has 0 bridgehead atoms. The molecule has 0 aromatic heterocycles. The molecule has 1 aromatic rings. The molecule has 144 valence electrons. The number of carbonyl (C=O) groups is 1. The first-order chi connectivity index (χ1) is 12.3. The van der Waals surface area contributed by atoms with Crippen molar-refractivity contribution < 1.29 is 9.53 Å². The summed E-state index contributed by atoms with van der Waals surface area (Å²) >= 11 is 0. The Morgan fingerprint density at radius 2 is 2.12 bits per heavy atom. The van der Waals surface area contributed by atoms with Crippen molar-refractivity contribution in [3.05, 3.63) is 35.4 Å². The third-order valence-corrected chi connectivity index (χ3v) is 4.73. The van der Waals surface area contributed by atoms with E-state index in [1.54, 1.807) is 19.2 Å². The van der Waals surface area contributed by atoms with Gasteiger partial charge in [0.05, 0.1) is 6.10 Å². The van der Waals surface area contributed by atoms with Gasteiger partial charge in [0.2, 0.25) is 5.91 Å². The number of hydrogen-bond donors (Lipinski definition) is 3. The zero-order valence-corrected chi connectivity index (χ0v) is 16.3. The summed E-state index contributed by atoms with van der Waals surface area (Å²) < 4.78 is 6.04. The molecule has 2 atom stereocenters. The molecular formula is C20H32N4O2. The highest BCUT2D eigenvalue weighted by molar-refractivity contribution is 5.92. The Bertz CT molecular complexity index is 637. The summed E-state index contributed by atoms with van der Waals surface area (Å²) in [5, 5.41) is 6.71. The fourth-order valence-corrected chi connectivity index (χ4v) is 3.48. The van der Waals surface area contributed by atoms with E-state index in [1.807, 2.05) is 12.1 Å². The van der Waals surface area contributed by atoms with Gasteiger partial charge in [0.15, 0.2) is 5.96 Å². The van der Waals surface area contributed by atoms with Crippen molar-refractivity contribution >= 4 is 11.9 Å². The quantitative estimate of drug-likeness (QED) is 0.555. The lowest BCUT2D eigenvalue weighted by Gasteiger charge is -2.40. The maximum absolute atomic E-state index is 11.3. The van der Waals surface area contributed by atoms with Gasteiger partial charge < -0.3 is 21.1 Å². The van der Waals surface area contributed by atoms with Crippen LogP contribution < -0.4 is 16.4 Å². The van der Waals surface area contributed by atoms with Gasteiger partial charge >= 0.3 is 0 Å². The minimum Gasteiger partial charge on any atom is -0.377 e. The Balaban J connectivity index is 1.89. The van der Waals surface area contributed by atoms with E-state index in [9.17, 15) is 4.79 Å².